The average Bonchev–Trinajstić information content (AvgIpc) is 2.90. The van der Waals surface area contributed by atoms with Crippen LogP contribution >= 0.6 is 11.8 Å². The summed E-state index contributed by atoms with van der Waals surface area (Å²) in [4.78, 5) is 0. The molecule has 7 nitrogen and oxygen atoms in total. The Bertz CT molecular complexity index is 463. The maximum absolute atomic E-state index is 5.47. The van der Waals surface area contributed by atoms with Crippen molar-refractivity contribution in [3.05, 3.63) is 18.0 Å². The van der Waals surface area contributed by atoms with Crippen LogP contribution in [0.1, 0.15) is 5.56 Å². The first-order valence-corrected chi connectivity index (χ1v) is 6.36. The summed E-state index contributed by atoms with van der Waals surface area (Å²) in [5.74, 6) is 0.881. The molecule has 0 spiro atoms. The summed E-state index contributed by atoms with van der Waals surface area (Å²) in [6.45, 7) is 4.06. The molecule has 8 heteroatoms. The zero-order valence-corrected chi connectivity index (χ0v) is 10.5. The quantitative estimate of drug-likeness (QED) is 0.725. The highest BCUT2D eigenvalue weighted by Gasteiger charge is 2.05. The van der Waals surface area contributed by atoms with Crippen LogP contribution in [0.25, 0.3) is 0 Å². The van der Waals surface area contributed by atoms with E-state index in [9.17, 15) is 0 Å². The van der Waals surface area contributed by atoms with Crippen LogP contribution in [0, 0.1) is 6.92 Å². The van der Waals surface area contributed by atoms with E-state index in [0.29, 0.717) is 13.1 Å². The highest BCUT2D eigenvalue weighted by atomic mass is 32.2. The van der Waals surface area contributed by atoms with Gasteiger partial charge in [0, 0.05) is 18.5 Å². The molecule has 0 aliphatic rings. The Labute approximate surface area is 103 Å². The van der Waals surface area contributed by atoms with Crippen molar-refractivity contribution in [1.82, 2.24) is 30.0 Å². The fraction of sp³-hybridized carbons (Fsp3) is 0.556. The molecule has 2 rings (SSSR count). The number of aryl methyl sites for hydroxylation is 2. The second-order valence-electron chi connectivity index (χ2n) is 3.60. The van der Waals surface area contributed by atoms with Crippen LogP contribution in [0.15, 0.2) is 17.6 Å². The molecular formula is C9H15N7S. The first kappa shape index (κ1) is 12.1. The lowest BCUT2D eigenvalue weighted by atomic mass is 10.4. The monoisotopic (exact) mass is 253 g/mol. The largest absolute Gasteiger partial charge is 0.329 e. The Kier molecular flexibility index (Phi) is 4.10. The number of hydrogen-bond donors (Lipinski definition) is 1. The Morgan fingerprint density at radius 1 is 1.41 bits per heavy atom. The maximum atomic E-state index is 5.47. The summed E-state index contributed by atoms with van der Waals surface area (Å²) in [7, 11) is 0. The van der Waals surface area contributed by atoms with Gasteiger partial charge in [-0.25, -0.2) is 4.68 Å². The van der Waals surface area contributed by atoms with Gasteiger partial charge in [-0.05, 0) is 22.9 Å². The molecule has 2 N–H and O–H groups in total. The summed E-state index contributed by atoms with van der Waals surface area (Å²) < 4.78 is 3.64. The second-order valence-corrected chi connectivity index (χ2v) is 4.66. The normalized spacial score (nSPS) is 10.9. The minimum atomic E-state index is 0.539. The molecule has 0 aliphatic carbocycles. The van der Waals surface area contributed by atoms with Gasteiger partial charge in [-0.3, -0.25) is 4.68 Å². The Morgan fingerprint density at radius 3 is 3.00 bits per heavy atom. The molecule has 0 atom stereocenters. The molecule has 0 fully saturated rings. The van der Waals surface area contributed by atoms with Gasteiger partial charge in [0.15, 0.2) is 0 Å². The molecular weight excluding hydrogens is 238 g/mol. The molecule has 0 aromatic carbocycles. The van der Waals surface area contributed by atoms with E-state index < -0.39 is 0 Å². The number of nitrogens with two attached hydrogens (primary N) is 1. The third-order valence-electron chi connectivity index (χ3n) is 2.15. The number of tetrazole rings is 1. The van der Waals surface area contributed by atoms with E-state index in [4.69, 9.17) is 5.73 Å². The van der Waals surface area contributed by atoms with Crippen molar-refractivity contribution in [3.8, 4) is 0 Å². The van der Waals surface area contributed by atoms with Crippen molar-refractivity contribution in [3.63, 3.8) is 0 Å². The molecule has 0 saturated carbocycles. The molecule has 2 aromatic heterocycles. The molecule has 0 radical (unpaired) electrons. The fourth-order valence-corrected chi connectivity index (χ4v) is 2.21. The lowest BCUT2D eigenvalue weighted by molar-refractivity contribution is 0.556. The van der Waals surface area contributed by atoms with Gasteiger partial charge in [0.1, 0.15) is 0 Å². The van der Waals surface area contributed by atoms with Crippen LogP contribution in [-0.4, -0.2) is 42.3 Å². The standard InChI is InChI=1S/C9H15N7S/c1-8-6-11-15(7-8)4-5-17-9-12-13-14-16(9)3-2-10/h6-7H,2-5,10H2,1H3. The summed E-state index contributed by atoms with van der Waals surface area (Å²) in [5.41, 5.74) is 6.64. The van der Waals surface area contributed by atoms with Gasteiger partial charge in [-0.2, -0.15) is 5.10 Å². The van der Waals surface area contributed by atoms with Crippen molar-refractivity contribution in [2.45, 2.75) is 25.2 Å². The zero-order chi connectivity index (χ0) is 12.1. The number of hydrogen-bond acceptors (Lipinski definition) is 6. The van der Waals surface area contributed by atoms with E-state index in [1.807, 2.05) is 24.0 Å². The molecule has 2 aromatic rings. The predicted molar refractivity (Wildman–Crippen MR) is 64.6 cm³/mol. The van der Waals surface area contributed by atoms with Gasteiger partial charge in [0.05, 0.1) is 19.3 Å². The van der Waals surface area contributed by atoms with E-state index in [1.165, 1.54) is 5.56 Å². The van der Waals surface area contributed by atoms with Gasteiger partial charge in [0.2, 0.25) is 5.16 Å². The van der Waals surface area contributed by atoms with Crippen LogP contribution in [0.4, 0.5) is 0 Å². The molecule has 0 bridgehead atoms. The van der Waals surface area contributed by atoms with Crippen molar-refractivity contribution in [2.75, 3.05) is 12.3 Å². The van der Waals surface area contributed by atoms with Crippen LogP contribution in [0.5, 0.6) is 0 Å². The maximum Gasteiger partial charge on any atom is 0.209 e. The first-order valence-electron chi connectivity index (χ1n) is 5.37. The molecule has 0 amide bonds. The number of aromatic nitrogens is 6. The molecule has 17 heavy (non-hydrogen) atoms. The smallest absolute Gasteiger partial charge is 0.209 e. The summed E-state index contributed by atoms with van der Waals surface area (Å²) in [6.07, 6.45) is 3.87. The minimum Gasteiger partial charge on any atom is -0.329 e. The predicted octanol–water partition coefficient (Wildman–Crippen LogP) is -0.0710. The lowest BCUT2D eigenvalue weighted by Gasteiger charge is -2.02. The molecule has 2 heterocycles. The van der Waals surface area contributed by atoms with Gasteiger partial charge in [0.25, 0.3) is 0 Å². The highest BCUT2D eigenvalue weighted by Crippen LogP contribution is 2.13. The van der Waals surface area contributed by atoms with Gasteiger partial charge < -0.3 is 5.73 Å². The van der Waals surface area contributed by atoms with E-state index in [0.717, 1.165) is 17.5 Å². The summed E-state index contributed by atoms with van der Waals surface area (Å²) in [5, 5.41) is 16.5. The topological polar surface area (TPSA) is 87.4 Å². The molecule has 92 valence electrons. The number of nitrogens with zero attached hydrogens (tertiary/aromatic N) is 6. The lowest BCUT2D eigenvalue weighted by Crippen LogP contribution is -2.12. The van der Waals surface area contributed by atoms with E-state index in [1.54, 1.807) is 16.4 Å². The van der Waals surface area contributed by atoms with Crippen molar-refractivity contribution < 1.29 is 0 Å². The summed E-state index contributed by atoms with van der Waals surface area (Å²) in [6, 6.07) is 0. The van der Waals surface area contributed by atoms with Crippen molar-refractivity contribution >= 4 is 11.8 Å². The first-order chi connectivity index (χ1) is 8.29. The molecule has 0 aliphatic heterocycles. The third kappa shape index (κ3) is 3.27. The van der Waals surface area contributed by atoms with E-state index >= 15 is 0 Å². The zero-order valence-electron chi connectivity index (χ0n) is 9.65. The molecule has 0 unspecified atom stereocenters. The SMILES string of the molecule is Cc1cnn(CCSc2nnnn2CCN)c1. The van der Waals surface area contributed by atoms with E-state index in [-0.39, 0.29) is 0 Å². The average molecular weight is 253 g/mol. The minimum absolute atomic E-state index is 0.539. The van der Waals surface area contributed by atoms with Crippen molar-refractivity contribution in [2.24, 2.45) is 5.73 Å². The van der Waals surface area contributed by atoms with Crippen LogP contribution in [-0.2, 0) is 13.1 Å². The van der Waals surface area contributed by atoms with Crippen LogP contribution < -0.4 is 5.73 Å². The van der Waals surface area contributed by atoms with Gasteiger partial charge >= 0.3 is 0 Å². The van der Waals surface area contributed by atoms with Crippen molar-refractivity contribution in [1.29, 1.82) is 0 Å². The number of rotatable bonds is 6. The van der Waals surface area contributed by atoms with Gasteiger partial charge in [-0.1, -0.05) is 11.8 Å². The van der Waals surface area contributed by atoms with Crippen LogP contribution in [0.2, 0.25) is 0 Å². The van der Waals surface area contributed by atoms with E-state index in [2.05, 4.69) is 20.6 Å². The third-order valence-corrected chi connectivity index (χ3v) is 3.09. The Balaban J connectivity index is 1.83. The summed E-state index contributed by atoms with van der Waals surface area (Å²) >= 11 is 1.61. The Hall–Kier alpha value is -1.41. The second kappa shape index (κ2) is 5.78. The molecule has 0 saturated heterocycles. The highest BCUT2D eigenvalue weighted by molar-refractivity contribution is 7.99. The van der Waals surface area contributed by atoms with Gasteiger partial charge in [-0.15, -0.1) is 5.10 Å². The Morgan fingerprint density at radius 2 is 2.29 bits per heavy atom. The number of thioether (sulfide) groups is 1. The van der Waals surface area contributed by atoms with Crippen LogP contribution in [0.3, 0.4) is 0 Å². The fourth-order valence-electron chi connectivity index (χ4n) is 1.38.